The van der Waals surface area contributed by atoms with Crippen molar-refractivity contribution in [1.82, 2.24) is 9.88 Å². The lowest BCUT2D eigenvalue weighted by atomic mass is 9.51. The third-order valence-electron chi connectivity index (χ3n) is 9.17. The molecule has 2 unspecified atom stereocenters. The number of amidine groups is 1. The molecule has 0 spiro atoms. The summed E-state index contributed by atoms with van der Waals surface area (Å²) in [6.07, 6.45) is 5.29. The number of hydrogen-bond acceptors (Lipinski definition) is 4. The number of benzene rings is 3. The summed E-state index contributed by atoms with van der Waals surface area (Å²) in [6.45, 7) is 0.423. The van der Waals surface area contributed by atoms with Gasteiger partial charge in [0.05, 0.1) is 5.60 Å². The van der Waals surface area contributed by atoms with Gasteiger partial charge in [-0.2, -0.15) is 0 Å². The van der Waals surface area contributed by atoms with Gasteiger partial charge in [-0.1, -0.05) is 24.3 Å². The van der Waals surface area contributed by atoms with E-state index >= 15 is 0 Å². The maximum absolute atomic E-state index is 14.0. The maximum atomic E-state index is 14.0. The van der Waals surface area contributed by atoms with Crippen LogP contribution in [0.1, 0.15) is 60.1 Å². The minimum absolute atomic E-state index is 0.0326. The van der Waals surface area contributed by atoms with Gasteiger partial charge in [0.15, 0.2) is 0 Å². The van der Waals surface area contributed by atoms with Crippen LogP contribution in [-0.2, 0) is 6.54 Å². The monoisotopic (exact) mass is 552 g/mol. The molecule has 4 saturated carbocycles. The molecule has 41 heavy (non-hydrogen) atoms. The van der Waals surface area contributed by atoms with Crippen LogP contribution in [0, 0.1) is 23.1 Å². The van der Waals surface area contributed by atoms with Crippen molar-refractivity contribution >= 4 is 22.6 Å². The first-order valence-corrected chi connectivity index (χ1v) is 14.2. The fraction of sp³-hybridized carbons (Fsp3) is 0.333. The molecular formula is C33H33FN4O3. The Morgan fingerprint density at radius 1 is 1.00 bits per heavy atom. The van der Waals surface area contributed by atoms with Gasteiger partial charge < -0.3 is 25.5 Å². The second kappa shape index (κ2) is 9.45. The highest BCUT2D eigenvalue weighted by atomic mass is 19.1. The Balaban J connectivity index is 1.19. The fourth-order valence-electron chi connectivity index (χ4n) is 7.93. The molecule has 4 bridgehead atoms. The number of nitrogens with two attached hydrogens (primary N) is 1. The van der Waals surface area contributed by atoms with Crippen LogP contribution in [0.15, 0.2) is 72.8 Å². The number of amides is 1. The largest absolute Gasteiger partial charge is 0.457 e. The molecule has 1 amide bonds. The molecule has 5 N–H and O–H groups in total. The van der Waals surface area contributed by atoms with E-state index in [0.717, 1.165) is 48.6 Å². The van der Waals surface area contributed by atoms with Crippen LogP contribution < -0.4 is 15.8 Å². The zero-order valence-electron chi connectivity index (χ0n) is 22.7. The van der Waals surface area contributed by atoms with E-state index in [1.54, 1.807) is 18.2 Å². The van der Waals surface area contributed by atoms with Crippen LogP contribution in [0.5, 0.6) is 11.5 Å². The molecule has 0 aliphatic heterocycles. The lowest BCUT2D eigenvalue weighted by Gasteiger charge is -2.60. The highest BCUT2D eigenvalue weighted by molar-refractivity contribution is 6.02. The molecule has 4 aliphatic carbocycles. The summed E-state index contributed by atoms with van der Waals surface area (Å²) >= 11 is 0. The zero-order valence-corrected chi connectivity index (χ0v) is 22.7. The summed E-state index contributed by atoms with van der Waals surface area (Å²) in [7, 11) is 0. The van der Waals surface area contributed by atoms with Crippen molar-refractivity contribution in [1.29, 1.82) is 5.41 Å². The Labute approximate surface area is 237 Å². The lowest BCUT2D eigenvalue weighted by Crippen LogP contribution is -2.65. The predicted molar refractivity (Wildman–Crippen MR) is 155 cm³/mol. The average Bonchev–Trinajstić information content (AvgIpc) is 3.27. The van der Waals surface area contributed by atoms with Crippen LogP contribution in [-0.4, -0.2) is 32.6 Å². The van der Waals surface area contributed by atoms with E-state index in [4.69, 9.17) is 15.9 Å². The van der Waals surface area contributed by atoms with Crippen LogP contribution in [0.2, 0.25) is 0 Å². The standard InChI is InChI=1S/C33H33FN4O3/c34-25-5-9-27(10-6-25)41-26-7-1-20(2-8-26)18-38-28-13-24(30(35)36)4-3-23(28)12-29(38)31(39)37-32-14-21-11-22(15-32)17-33(40,16-21)19-32/h1-10,12-13,21-22,40H,11,14-19H2,(H3,35,36)(H,37,39). The van der Waals surface area contributed by atoms with Crippen molar-refractivity contribution in [2.45, 2.75) is 56.2 Å². The Morgan fingerprint density at radius 3 is 2.29 bits per heavy atom. The number of fused-ring (bicyclic) bond motifs is 1. The predicted octanol–water partition coefficient (Wildman–Crippen LogP) is 5.72. The van der Waals surface area contributed by atoms with Crippen molar-refractivity contribution in [2.75, 3.05) is 0 Å². The summed E-state index contributed by atoms with van der Waals surface area (Å²) in [5.74, 6) is 1.58. The van der Waals surface area contributed by atoms with E-state index < -0.39 is 5.60 Å². The number of halogens is 1. The first-order valence-electron chi connectivity index (χ1n) is 14.2. The lowest BCUT2D eigenvalue weighted by molar-refractivity contribution is -0.139. The number of ether oxygens (including phenoxy) is 1. The van der Waals surface area contributed by atoms with Crippen molar-refractivity contribution < 1.29 is 19.0 Å². The van der Waals surface area contributed by atoms with Crippen LogP contribution >= 0.6 is 0 Å². The van der Waals surface area contributed by atoms with Crippen LogP contribution in [0.25, 0.3) is 10.9 Å². The number of hydrogen-bond donors (Lipinski definition) is 4. The molecule has 2 atom stereocenters. The van der Waals surface area contributed by atoms with Crippen LogP contribution in [0.3, 0.4) is 0 Å². The van der Waals surface area contributed by atoms with Gasteiger partial charge in [0.1, 0.15) is 28.8 Å². The third-order valence-corrected chi connectivity index (χ3v) is 9.17. The summed E-state index contributed by atoms with van der Waals surface area (Å²) in [5, 5.41) is 23.4. The number of aliphatic hydroxyl groups is 1. The molecule has 4 aliphatic rings. The zero-order chi connectivity index (χ0) is 28.4. The van der Waals surface area contributed by atoms with E-state index in [1.807, 2.05) is 47.0 Å². The number of nitrogens with zero attached hydrogens (tertiary/aromatic N) is 1. The van der Waals surface area contributed by atoms with E-state index in [2.05, 4.69) is 5.32 Å². The Morgan fingerprint density at radius 2 is 1.66 bits per heavy atom. The summed E-state index contributed by atoms with van der Waals surface area (Å²) in [5.41, 5.74) is 7.67. The molecule has 7 nitrogen and oxygen atoms in total. The second-order valence-corrected chi connectivity index (χ2v) is 12.4. The van der Waals surface area contributed by atoms with Crippen molar-refractivity contribution in [3.05, 3.63) is 95.4 Å². The summed E-state index contributed by atoms with van der Waals surface area (Å²) < 4.78 is 21.1. The Hall–Kier alpha value is -4.17. The van der Waals surface area contributed by atoms with E-state index in [0.29, 0.717) is 47.6 Å². The molecule has 1 aromatic heterocycles. The fourth-order valence-corrected chi connectivity index (χ4v) is 7.93. The first-order chi connectivity index (χ1) is 19.7. The number of carbonyl (C=O) groups is 1. The van der Waals surface area contributed by atoms with Crippen LogP contribution in [0.4, 0.5) is 4.39 Å². The Bertz CT molecular complexity index is 1650. The quantitative estimate of drug-likeness (QED) is 0.174. The molecule has 0 saturated heterocycles. The SMILES string of the molecule is N=C(N)c1ccc2cc(C(=O)NC34CC5CC(CC(O)(C5)C3)C4)n(Cc3ccc(Oc4ccc(F)cc4)cc3)c2c1. The van der Waals surface area contributed by atoms with E-state index in [1.165, 1.54) is 12.1 Å². The van der Waals surface area contributed by atoms with E-state index in [-0.39, 0.29) is 23.1 Å². The van der Waals surface area contributed by atoms with E-state index in [9.17, 15) is 14.3 Å². The molecular weight excluding hydrogens is 519 g/mol. The van der Waals surface area contributed by atoms with Crippen molar-refractivity contribution in [3.8, 4) is 11.5 Å². The topological polar surface area (TPSA) is 113 Å². The molecule has 8 heteroatoms. The van der Waals surface area contributed by atoms with Gasteiger partial charge in [-0.3, -0.25) is 10.2 Å². The van der Waals surface area contributed by atoms with Gasteiger partial charge >= 0.3 is 0 Å². The van der Waals surface area contributed by atoms with Gasteiger partial charge in [0, 0.05) is 28.6 Å². The maximum Gasteiger partial charge on any atom is 0.268 e. The number of aromatic nitrogens is 1. The molecule has 8 rings (SSSR count). The molecule has 3 aromatic carbocycles. The highest BCUT2D eigenvalue weighted by Gasteiger charge is 2.57. The number of carbonyl (C=O) groups excluding carboxylic acids is 1. The average molecular weight is 553 g/mol. The minimum Gasteiger partial charge on any atom is -0.457 e. The molecule has 1 heterocycles. The van der Waals surface area contributed by atoms with Gasteiger partial charge in [-0.05, 0) is 104 Å². The molecule has 4 fully saturated rings. The summed E-state index contributed by atoms with van der Waals surface area (Å²) in [4.78, 5) is 14.0. The second-order valence-electron chi connectivity index (χ2n) is 12.4. The van der Waals surface area contributed by atoms with Gasteiger partial charge in [-0.25, -0.2) is 4.39 Å². The minimum atomic E-state index is -0.668. The normalized spacial score (nSPS) is 26.3. The van der Waals surface area contributed by atoms with Gasteiger partial charge in [0.2, 0.25) is 0 Å². The number of nitrogen functional groups attached to an aromatic ring is 1. The first kappa shape index (κ1) is 25.8. The Kier molecular flexibility index (Phi) is 5.94. The van der Waals surface area contributed by atoms with Gasteiger partial charge in [0.25, 0.3) is 5.91 Å². The smallest absolute Gasteiger partial charge is 0.268 e. The van der Waals surface area contributed by atoms with Crippen molar-refractivity contribution in [3.63, 3.8) is 0 Å². The van der Waals surface area contributed by atoms with Gasteiger partial charge in [-0.15, -0.1) is 0 Å². The molecule has 210 valence electrons. The summed E-state index contributed by atoms with van der Waals surface area (Å²) in [6, 6.07) is 20.9. The molecule has 4 aromatic rings. The number of rotatable bonds is 7. The number of nitrogens with one attached hydrogen (secondary N) is 2. The third kappa shape index (κ3) is 4.86. The van der Waals surface area contributed by atoms with Crippen molar-refractivity contribution in [2.24, 2.45) is 17.6 Å². The highest BCUT2D eigenvalue weighted by Crippen LogP contribution is 2.57. The molecule has 0 radical (unpaired) electrons.